The van der Waals surface area contributed by atoms with Gasteiger partial charge in [0.05, 0.1) is 11.7 Å². The second-order valence-electron chi connectivity index (χ2n) is 6.50. The molecular weight excluding hydrogens is 302 g/mol. The molecule has 0 unspecified atom stereocenters. The van der Waals surface area contributed by atoms with E-state index in [0.29, 0.717) is 31.8 Å². The molecule has 2 rings (SSSR count). The van der Waals surface area contributed by atoms with E-state index in [0.717, 1.165) is 25.7 Å². The van der Waals surface area contributed by atoms with Gasteiger partial charge >= 0.3 is 5.97 Å². The molecule has 0 aromatic heterocycles. The third-order valence-electron chi connectivity index (χ3n) is 5.18. The molecule has 0 amide bonds. The Morgan fingerprint density at radius 1 is 1.09 bits per heavy atom. The Morgan fingerprint density at radius 2 is 1.73 bits per heavy atom. The van der Waals surface area contributed by atoms with Crippen LogP contribution in [0.2, 0.25) is 0 Å². The smallest absolute Gasteiger partial charge is 0.309 e. The lowest BCUT2D eigenvalue weighted by molar-refractivity contribution is -0.160. The molecule has 0 aromatic carbocycles. The predicted molar refractivity (Wildman–Crippen MR) is 85.9 cm³/mol. The molecule has 1 saturated carbocycles. The predicted octanol–water partition coefficient (Wildman–Crippen LogP) is 2.56. The molecule has 22 heavy (non-hydrogen) atoms. The van der Waals surface area contributed by atoms with Gasteiger partial charge in [-0.1, -0.05) is 13.3 Å². The molecule has 1 aliphatic carbocycles. The van der Waals surface area contributed by atoms with E-state index < -0.39 is 10.0 Å². The number of esters is 1. The molecule has 2 aliphatic rings. The van der Waals surface area contributed by atoms with Crippen LogP contribution in [0.25, 0.3) is 0 Å². The van der Waals surface area contributed by atoms with E-state index in [1.165, 1.54) is 10.7 Å². The standard InChI is InChI=1S/C16H29NO4S/c1-3-13-7-5-6-8-15(13)21-16(18)14-9-11-17(12-10-14)22(19,20)4-2/h13-15H,3-12H2,1-2H3/t13-,15-/m0/s1. The normalized spacial score (nSPS) is 28.5. The Hall–Kier alpha value is -0.620. The van der Waals surface area contributed by atoms with Crippen LogP contribution < -0.4 is 0 Å². The number of hydrogen-bond donors (Lipinski definition) is 0. The Labute approximate surface area is 134 Å². The fraction of sp³-hybridized carbons (Fsp3) is 0.938. The van der Waals surface area contributed by atoms with Gasteiger partial charge in [-0.3, -0.25) is 4.79 Å². The maximum atomic E-state index is 12.4. The zero-order valence-electron chi connectivity index (χ0n) is 13.8. The van der Waals surface area contributed by atoms with Crippen LogP contribution in [0.4, 0.5) is 0 Å². The largest absolute Gasteiger partial charge is 0.462 e. The molecule has 0 spiro atoms. The maximum Gasteiger partial charge on any atom is 0.309 e. The lowest BCUT2D eigenvalue weighted by Gasteiger charge is -2.34. The number of ether oxygens (including phenoxy) is 1. The van der Waals surface area contributed by atoms with Crippen molar-refractivity contribution in [1.29, 1.82) is 0 Å². The van der Waals surface area contributed by atoms with Crippen LogP contribution in [-0.2, 0) is 19.6 Å². The Kier molecular flexibility index (Phi) is 6.26. The molecule has 2 atom stereocenters. The maximum absolute atomic E-state index is 12.4. The van der Waals surface area contributed by atoms with Crippen LogP contribution in [-0.4, -0.2) is 43.6 Å². The van der Waals surface area contributed by atoms with Gasteiger partial charge in [0, 0.05) is 13.1 Å². The topological polar surface area (TPSA) is 63.7 Å². The Balaban J connectivity index is 1.84. The van der Waals surface area contributed by atoms with Gasteiger partial charge in [0.1, 0.15) is 6.10 Å². The third-order valence-corrected chi connectivity index (χ3v) is 7.06. The molecule has 1 heterocycles. The Morgan fingerprint density at radius 3 is 2.32 bits per heavy atom. The molecule has 6 heteroatoms. The van der Waals surface area contributed by atoms with Crippen molar-refractivity contribution in [3.05, 3.63) is 0 Å². The summed E-state index contributed by atoms with van der Waals surface area (Å²) in [5.41, 5.74) is 0. The molecule has 2 fully saturated rings. The fourth-order valence-electron chi connectivity index (χ4n) is 3.59. The van der Waals surface area contributed by atoms with E-state index in [1.54, 1.807) is 6.92 Å². The summed E-state index contributed by atoms with van der Waals surface area (Å²) in [7, 11) is -3.13. The minimum absolute atomic E-state index is 0.0728. The monoisotopic (exact) mass is 331 g/mol. The van der Waals surface area contributed by atoms with Gasteiger partial charge in [-0.15, -0.1) is 0 Å². The highest BCUT2D eigenvalue weighted by Gasteiger charge is 2.34. The summed E-state index contributed by atoms with van der Waals surface area (Å²) < 4.78 is 31.0. The second kappa shape index (κ2) is 7.77. The average molecular weight is 331 g/mol. The first kappa shape index (κ1) is 17.7. The van der Waals surface area contributed by atoms with Crippen LogP contribution in [0.5, 0.6) is 0 Å². The molecule has 128 valence electrons. The molecule has 0 radical (unpaired) electrons. The zero-order valence-corrected chi connectivity index (χ0v) is 14.6. The lowest BCUT2D eigenvalue weighted by Crippen LogP contribution is -2.42. The van der Waals surface area contributed by atoms with Gasteiger partial charge in [-0.25, -0.2) is 12.7 Å². The van der Waals surface area contributed by atoms with Crippen molar-refractivity contribution in [3.8, 4) is 0 Å². The van der Waals surface area contributed by atoms with Gasteiger partial charge in [-0.2, -0.15) is 0 Å². The number of sulfonamides is 1. The highest BCUT2D eigenvalue weighted by atomic mass is 32.2. The molecule has 1 aliphatic heterocycles. The molecule has 0 aromatic rings. The van der Waals surface area contributed by atoms with Crippen molar-refractivity contribution < 1.29 is 17.9 Å². The van der Waals surface area contributed by atoms with Crippen molar-refractivity contribution in [3.63, 3.8) is 0 Å². The van der Waals surface area contributed by atoms with Gasteiger partial charge < -0.3 is 4.74 Å². The number of rotatable bonds is 5. The van der Waals surface area contributed by atoms with Gasteiger partial charge in [0.15, 0.2) is 0 Å². The van der Waals surface area contributed by atoms with E-state index in [9.17, 15) is 13.2 Å². The van der Waals surface area contributed by atoms with Gasteiger partial charge in [0.25, 0.3) is 0 Å². The van der Waals surface area contributed by atoms with Crippen molar-refractivity contribution >= 4 is 16.0 Å². The number of piperidine rings is 1. The molecule has 0 bridgehead atoms. The van der Waals surface area contributed by atoms with Crippen LogP contribution in [0.3, 0.4) is 0 Å². The van der Waals surface area contributed by atoms with Crippen molar-refractivity contribution in [2.24, 2.45) is 11.8 Å². The van der Waals surface area contributed by atoms with E-state index in [1.807, 2.05) is 0 Å². The van der Waals surface area contributed by atoms with Crippen molar-refractivity contribution in [1.82, 2.24) is 4.31 Å². The lowest BCUT2D eigenvalue weighted by atomic mass is 9.84. The second-order valence-corrected chi connectivity index (χ2v) is 8.76. The molecular formula is C16H29NO4S. The summed E-state index contributed by atoms with van der Waals surface area (Å²) in [5, 5.41) is 0. The van der Waals surface area contributed by atoms with Gasteiger partial charge in [0.2, 0.25) is 10.0 Å². The van der Waals surface area contributed by atoms with E-state index in [-0.39, 0.29) is 23.7 Å². The summed E-state index contributed by atoms with van der Waals surface area (Å²) in [6, 6.07) is 0. The van der Waals surface area contributed by atoms with E-state index >= 15 is 0 Å². The Bertz CT molecular complexity index is 469. The quantitative estimate of drug-likeness (QED) is 0.726. The number of carbonyl (C=O) groups excluding carboxylic acids is 1. The number of nitrogens with zero attached hydrogens (tertiary/aromatic N) is 1. The highest BCUT2D eigenvalue weighted by molar-refractivity contribution is 7.89. The summed E-state index contributed by atoms with van der Waals surface area (Å²) in [6.07, 6.45) is 6.81. The minimum Gasteiger partial charge on any atom is -0.462 e. The summed E-state index contributed by atoms with van der Waals surface area (Å²) in [4.78, 5) is 12.4. The van der Waals surface area contributed by atoms with E-state index in [2.05, 4.69) is 6.92 Å². The summed E-state index contributed by atoms with van der Waals surface area (Å²) >= 11 is 0. The summed E-state index contributed by atoms with van der Waals surface area (Å²) in [5.74, 6) is 0.377. The SMILES string of the molecule is CC[C@H]1CCCC[C@@H]1OC(=O)C1CCN(S(=O)(=O)CC)CC1. The minimum atomic E-state index is -3.13. The van der Waals surface area contributed by atoms with E-state index in [4.69, 9.17) is 4.74 Å². The van der Waals surface area contributed by atoms with Crippen LogP contribution >= 0.6 is 0 Å². The number of hydrogen-bond acceptors (Lipinski definition) is 4. The van der Waals surface area contributed by atoms with Crippen molar-refractivity contribution in [2.75, 3.05) is 18.8 Å². The number of carbonyl (C=O) groups is 1. The fourth-order valence-corrected chi connectivity index (χ4v) is 4.73. The molecule has 0 N–H and O–H groups in total. The average Bonchev–Trinajstić information content (AvgIpc) is 2.55. The molecule has 1 saturated heterocycles. The van der Waals surface area contributed by atoms with Gasteiger partial charge in [-0.05, 0) is 51.4 Å². The molecule has 5 nitrogen and oxygen atoms in total. The van der Waals surface area contributed by atoms with Crippen LogP contribution in [0.15, 0.2) is 0 Å². The van der Waals surface area contributed by atoms with Crippen molar-refractivity contribution in [2.45, 2.75) is 64.9 Å². The van der Waals surface area contributed by atoms with Crippen LogP contribution in [0.1, 0.15) is 58.8 Å². The first-order valence-corrected chi connectivity index (χ1v) is 10.3. The first-order valence-electron chi connectivity index (χ1n) is 8.66. The third kappa shape index (κ3) is 4.22. The first-order chi connectivity index (χ1) is 10.5. The van der Waals surface area contributed by atoms with Crippen LogP contribution in [0, 0.1) is 11.8 Å². The highest BCUT2D eigenvalue weighted by Crippen LogP contribution is 2.31. The zero-order chi connectivity index (χ0) is 16.2. The summed E-state index contributed by atoms with van der Waals surface area (Å²) in [6.45, 7) is 4.70.